The smallest absolute Gasteiger partial charge is 0.144 e. The number of anilines is 2. The van der Waals surface area contributed by atoms with Gasteiger partial charge in [0.15, 0.2) is 0 Å². The standard InChI is InChI=1S/C9H4Cl2N2S3/c10-7-8(11)13-4-2-6-5(1-3(4)12-7)15-9(14)16-6/h1-2,12-13H. The summed E-state index contributed by atoms with van der Waals surface area (Å²) in [5.74, 6) is 0. The van der Waals surface area contributed by atoms with Crippen LogP contribution in [0.5, 0.6) is 0 Å². The summed E-state index contributed by atoms with van der Waals surface area (Å²) >= 11 is 20.2. The summed E-state index contributed by atoms with van der Waals surface area (Å²) in [6.45, 7) is 0. The zero-order chi connectivity index (χ0) is 11.3. The predicted octanol–water partition coefficient (Wildman–Crippen LogP) is 5.13. The minimum atomic E-state index is 0.410. The summed E-state index contributed by atoms with van der Waals surface area (Å²) in [6.07, 6.45) is 0. The first-order valence-electron chi connectivity index (χ1n) is 4.30. The van der Waals surface area contributed by atoms with Crippen LogP contribution in [-0.4, -0.2) is 0 Å². The normalized spacial score (nSPS) is 14.6. The molecule has 1 aliphatic heterocycles. The Morgan fingerprint density at radius 2 is 1.38 bits per heavy atom. The van der Waals surface area contributed by atoms with Gasteiger partial charge >= 0.3 is 0 Å². The molecule has 0 radical (unpaired) electrons. The molecule has 0 aliphatic carbocycles. The predicted molar refractivity (Wildman–Crippen MR) is 76.5 cm³/mol. The molecule has 3 rings (SSSR count). The van der Waals surface area contributed by atoms with Crippen LogP contribution in [0.2, 0.25) is 0 Å². The Morgan fingerprint density at radius 3 is 1.81 bits per heavy atom. The van der Waals surface area contributed by atoms with Crippen LogP contribution in [0.25, 0.3) is 9.40 Å². The Bertz CT molecular complexity index is 617. The second-order valence-corrected chi connectivity index (χ2v) is 7.22. The topological polar surface area (TPSA) is 24.1 Å². The summed E-state index contributed by atoms with van der Waals surface area (Å²) in [6, 6.07) is 4.06. The molecule has 16 heavy (non-hydrogen) atoms. The summed E-state index contributed by atoms with van der Waals surface area (Å²) in [7, 11) is 0. The van der Waals surface area contributed by atoms with Crippen molar-refractivity contribution in [3.63, 3.8) is 0 Å². The van der Waals surface area contributed by atoms with E-state index >= 15 is 0 Å². The maximum absolute atomic E-state index is 5.91. The van der Waals surface area contributed by atoms with Gasteiger partial charge in [-0.25, -0.2) is 0 Å². The highest BCUT2D eigenvalue weighted by Gasteiger charge is 2.15. The molecule has 1 aromatic carbocycles. The number of halogens is 2. The lowest BCUT2D eigenvalue weighted by Crippen LogP contribution is -2.10. The minimum Gasteiger partial charge on any atom is -0.342 e. The number of hydrogen-bond donors (Lipinski definition) is 2. The average molecular weight is 307 g/mol. The van der Waals surface area contributed by atoms with Gasteiger partial charge in [-0.05, 0) is 12.1 Å². The Kier molecular flexibility index (Phi) is 2.60. The van der Waals surface area contributed by atoms with Crippen molar-refractivity contribution in [2.45, 2.75) is 0 Å². The van der Waals surface area contributed by atoms with E-state index in [1.54, 1.807) is 22.7 Å². The van der Waals surface area contributed by atoms with Crippen LogP contribution in [0.1, 0.15) is 0 Å². The molecular formula is C9H4Cl2N2S3. The quantitative estimate of drug-likeness (QED) is 0.521. The molecule has 2 nitrogen and oxygen atoms in total. The van der Waals surface area contributed by atoms with E-state index in [0.29, 0.717) is 10.3 Å². The molecule has 1 aromatic heterocycles. The van der Waals surface area contributed by atoms with Gasteiger partial charge < -0.3 is 10.6 Å². The van der Waals surface area contributed by atoms with E-state index in [9.17, 15) is 0 Å². The largest absolute Gasteiger partial charge is 0.342 e. The van der Waals surface area contributed by atoms with E-state index < -0.39 is 0 Å². The van der Waals surface area contributed by atoms with Crippen molar-refractivity contribution in [2.75, 3.05) is 10.6 Å². The van der Waals surface area contributed by atoms with Gasteiger partial charge in [-0.15, -0.1) is 22.7 Å². The summed E-state index contributed by atoms with van der Waals surface area (Å²) in [4.78, 5) is 0. The monoisotopic (exact) mass is 306 g/mol. The van der Waals surface area contributed by atoms with Gasteiger partial charge in [0.05, 0.1) is 11.4 Å². The first kappa shape index (κ1) is 10.8. The average Bonchev–Trinajstić information content (AvgIpc) is 2.56. The molecule has 0 saturated heterocycles. The molecule has 0 unspecified atom stereocenters. The van der Waals surface area contributed by atoms with Gasteiger partial charge in [-0.1, -0.05) is 35.4 Å². The Labute approximate surface area is 115 Å². The maximum atomic E-state index is 5.91. The summed E-state index contributed by atoms with van der Waals surface area (Å²) in [5.41, 5.74) is 1.84. The lowest BCUT2D eigenvalue weighted by Gasteiger charge is -2.19. The van der Waals surface area contributed by atoms with Gasteiger partial charge in [0.2, 0.25) is 0 Å². The highest BCUT2D eigenvalue weighted by molar-refractivity contribution is 7.77. The highest BCUT2D eigenvalue weighted by atomic mass is 35.5. The molecule has 0 fully saturated rings. The first-order valence-corrected chi connectivity index (χ1v) is 7.10. The van der Waals surface area contributed by atoms with Crippen molar-refractivity contribution in [1.82, 2.24) is 0 Å². The Morgan fingerprint density at radius 1 is 0.938 bits per heavy atom. The maximum Gasteiger partial charge on any atom is 0.144 e. The number of rotatable bonds is 0. The van der Waals surface area contributed by atoms with Crippen LogP contribution in [0.4, 0.5) is 11.4 Å². The lowest BCUT2D eigenvalue weighted by atomic mass is 10.2. The van der Waals surface area contributed by atoms with Crippen LogP contribution in [0.15, 0.2) is 22.4 Å². The Balaban J connectivity index is 2.24. The fraction of sp³-hybridized carbons (Fsp3) is 0. The van der Waals surface area contributed by atoms with E-state index in [1.165, 1.54) is 0 Å². The zero-order valence-electron chi connectivity index (χ0n) is 7.64. The van der Waals surface area contributed by atoms with Gasteiger partial charge in [-0.2, -0.15) is 0 Å². The molecule has 2 N–H and O–H groups in total. The number of nitrogens with one attached hydrogen (secondary N) is 2. The van der Waals surface area contributed by atoms with Crippen molar-refractivity contribution in [2.24, 2.45) is 0 Å². The molecule has 0 spiro atoms. The molecule has 1 aliphatic rings. The van der Waals surface area contributed by atoms with Crippen molar-refractivity contribution in [3.05, 3.63) is 25.6 Å². The third-order valence-electron chi connectivity index (χ3n) is 2.15. The molecule has 0 bridgehead atoms. The van der Waals surface area contributed by atoms with Gasteiger partial charge in [0.25, 0.3) is 0 Å². The van der Waals surface area contributed by atoms with Crippen LogP contribution < -0.4 is 10.6 Å². The van der Waals surface area contributed by atoms with Crippen LogP contribution in [-0.2, 0) is 0 Å². The second kappa shape index (κ2) is 3.85. The van der Waals surface area contributed by atoms with Crippen molar-refractivity contribution < 1.29 is 0 Å². The summed E-state index contributed by atoms with van der Waals surface area (Å²) < 4.78 is 3.23. The minimum absolute atomic E-state index is 0.410. The zero-order valence-corrected chi connectivity index (χ0v) is 11.6. The van der Waals surface area contributed by atoms with Crippen molar-refractivity contribution in [1.29, 1.82) is 0 Å². The van der Waals surface area contributed by atoms with Gasteiger partial charge in [0, 0.05) is 9.40 Å². The van der Waals surface area contributed by atoms with E-state index in [2.05, 4.69) is 10.6 Å². The number of benzene rings is 1. The highest BCUT2D eigenvalue weighted by Crippen LogP contribution is 2.39. The van der Waals surface area contributed by atoms with Gasteiger partial charge in [0.1, 0.15) is 13.4 Å². The molecule has 0 atom stereocenters. The van der Waals surface area contributed by atoms with Crippen LogP contribution in [0.3, 0.4) is 0 Å². The molecule has 82 valence electrons. The number of hydrogen-bond acceptors (Lipinski definition) is 5. The van der Waals surface area contributed by atoms with E-state index in [0.717, 1.165) is 23.9 Å². The molecular weight excluding hydrogens is 303 g/mol. The SMILES string of the molecule is S=c1sc2cc3c(cc2s1)NC(Cl)=C(Cl)N3. The molecule has 2 heterocycles. The van der Waals surface area contributed by atoms with Crippen LogP contribution in [0, 0.1) is 3.14 Å². The molecule has 0 saturated carbocycles. The van der Waals surface area contributed by atoms with E-state index in [-0.39, 0.29) is 0 Å². The lowest BCUT2D eigenvalue weighted by molar-refractivity contribution is 1.43. The first-order chi connectivity index (χ1) is 7.63. The van der Waals surface area contributed by atoms with Crippen LogP contribution >= 0.6 is 58.1 Å². The third-order valence-corrected chi connectivity index (χ3v) is 5.39. The molecule has 7 heteroatoms. The van der Waals surface area contributed by atoms with Crippen molar-refractivity contribution >= 4 is 78.9 Å². The Hall–Kier alpha value is -0.330. The van der Waals surface area contributed by atoms with Crippen molar-refractivity contribution in [3.8, 4) is 0 Å². The fourth-order valence-corrected chi connectivity index (χ4v) is 4.30. The van der Waals surface area contributed by atoms with Gasteiger partial charge in [-0.3, -0.25) is 0 Å². The third kappa shape index (κ3) is 1.72. The van der Waals surface area contributed by atoms with E-state index in [4.69, 9.17) is 35.4 Å². The van der Waals surface area contributed by atoms with E-state index in [1.807, 2.05) is 12.1 Å². The second-order valence-electron chi connectivity index (χ2n) is 3.18. The number of fused-ring (bicyclic) bond motifs is 2. The summed E-state index contributed by atoms with van der Waals surface area (Å²) in [5, 5.41) is 6.90. The molecule has 2 aromatic rings. The fourth-order valence-electron chi connectivity index (χ4n) is 1.47. The molecule has 0 amide bonds.